The van der Waals surface area contributed by atoms with E-state index in [1.54, 1.807) is 6.07 Å². The number of nitrogens with zero attached hydrogens (tertiary/aromatic N) is 1. The summed E-state index contributed by atoms with van der Waals surface area (Å²) < 4.78 is 4.75. The lowest BCUT2D eigenvalue weighted by Crippen LogP contribution is -1.66. The highest BCUT2D eigenvalue weighted by Gasteiger charge is 1.96. The number of furan rings is 1. The maximum absolute atomic E-state index is 8.19. The first-order valence-electron chi connectivity index (χ1n) is 2.62. The number of hydrogen-bond donors (Lipinski definition) is 0. The summed E-state index contributed by atoms with van der Waals surface area (Å²) >= 11 is 5.63. The van der Waals surface area contributed by atoms with Crippen molar-refractivity contribution in [1.29, 1.82) is 5.26 Å². The molecule has 1 aromatic heterocycles. The van der Waals surface area contributed by atoms with Crippen LogP contribution in [0.4, 0.5) is 0 Å². The third kappa shape index (κ3) is 1.40. The van der Waals surface area contributed by atoms with Crippen molar-refractivity contribution < 1.29 is 4.42 Å². The molecule has 0 amide bonds. The fraction of sp³-hybridized carbons (Fsp3) is 0. The second-order valence-corrected chi connectivity index (χ2v) is 2.04. The summed E-state index contributed by atoms with van der Waals surface area (Å²) in [6.45, 7) is 0. The van der Waals surface area contributed by atoms with Crippen LogP contribution >= 0.6 is 11.6 Å². The molecule has 0 N–H and O–H groups in total. The lowest BCUT2D eigenvalue weighted by atomic mass is 10.3. The summed E-state index contributed by atoms with van der Waals surface area (Å²) in [5, 5.41) is 8.59. The molecule has 0 aliphatic heterocycles. The van der Waals surface area contributed by atoms with Gasteiger partial charge in [-0.15, -0.1) is 0 Å². The molecule has 1 heterocycles. The van der Waals surface area contributed by atoms with E-state index in [9.17, 15) is 0 Å². The van der Waals surface area contributed by atoms with Crippen LogP contribution in [0.5, 0.6) is 0 Å². The minimum Gasteiger partial charge on any atom is -0.472 e. The Hall–Kier alpha value is -1.20. The van der Waals surface area contributed by atoms with Gasteiger partial charge in [-0.25, -0.2) is 0 Å². The van der Waals surface area contributed by atoms with Crippen molar-refractivity contribution in [2.75, 3.05) is 0 Å². The van der Waals surface area contributed by atoms with Gasteiger partial charge in [-0.05, 0) is 6.07 Å². The molecule has 0 aliphatic rings. The van der Waals surface area contributed by atoms with Crippen LogP contribution in [0.1, 0.15) is 5.56 Å². The molecule has 0 unspecified atom stereocenters. The SMILES string of the molecule is N#C/C=C(/Cl)c1ccoc1. The summed E-state index contributed by atoms with van der Waals surface area (Å²) in [5.74, 6) is 0. The molecule has 0 atom stereocenters. The number of rotatable bonds is 1. The van der Waals surface area contributed by atoms with Crippen molar-refractivity contribution >= 4 is 16.6 Å². The number of allylic oxidation sites excluding steroid dienone is 1. The number of nitriles is 1. The Labute approximate surface area is 63.3 Å². The molecule has 1 aromatic rings. The van der Waals surface area contributed by atoms with Crippen molar-refractivity contribution in [2.24, 2.45) is 0 Å². The van der Waals surface area contributed by atoms with Gasteiger partial charge >= 0.3 is 0 Å². The summed E-state index contributed by atoms with van der Waals surface area (Å²) in [6, 6.07) is 3.51. The predicted molar refractivity (Wildman–Crippen MR) is 38.2 cm³/mol. The second kappa shape index (κ2) is 3.09. The smallest absolute Gasteiger partial charge is 0.0990 e. The molecule has 1 rings (SSSR count). The van der Waals surface area contributed by atoms with E-state index in [0.717, 1.165) is 5.56 Å². The Balaban J connectivity index is 2.90. The van der Waals surface area contributed by atoms with E-state index in [1.165, 1.54) is 18.6 Å². The number of halogens is 1. The first kappa shape index (κ1) is 6.91. The highest BCUT2D eigenvalue weighted by molar-refractivity contribution is 6.48. The Kier molecular flexibility index (Phi) is 2.14. The van der Waals surface area contributed by atoms with Crippen LogP contribution in [-0.2, 0) is 0 Å². The van der Waals surface area contributed by atoms with Gasteiger partial charge in [0.25, 0.3) is 0 Å². The van der Waals surface area contributed by atoms with Crippen molar-refractivity contribution in [3.63, 3.8) is 0 Å². The maximum atomic E-state index is 8.19. The van der Waals surface area contributed by atoms with Gasteiger partial charge in [0.05, 0.1) is 23.6 Å². The maximum Gasteiger partial charge on any atom is 0.0990 e. The van der Waals surface area contributed by atoms with Crippen molar-refractivity contribution in [1.82, 2.24) is 0 Å². The Morgan fingerprint density at radius 2 is 2.60 bits per heavy atom. The normalized spacial score (nSPS) is 11.0. The van der Waals surface area contributed by atoms with Gasteiger partial charge in [0.15, 0.2) is 0 Å². The van der Waals surface area contributed by atoms with Gasteiger partial charge in [-0.2, -0.15) is 5.26 Å². The topological polar surface area (TPSA) is 36.9 Å². The summed E-state index contributed by atoms with van der Waals surface area (Å²) in [6.07, 6.45) is 4.24. The van der Waals surface area contributed by atoms with Gasteiger partial charge in [0.1, 0.15) is 0 Å². The summed E-state index contributed by atoms with van der Waals surface area (Å²) in [4.78, 5) is 0. The predicted octanol–water partition coefficient (Wildman–Crippen LogP) is 2.38. The highest BCUT2D eigenvalue weighted by Crippen LogP contribution is 2.17. The molecule has 0 aliphatic carbocycles. The minimum absolute atomic E-state index is 0.399. The largest absolute Gasteiger partial charge is 0.472 e. The molecule has 0 saturated heterocycles. The van der Waals surface area contributed by atoms with Crippen LogP contribution in [0, 0.1) is 11.3 Å². The fourth-order valence-electron chi connectivity index (χ4n) is 0.540. The molecule has 3 heteroatoms. The fourth-order valence-corrected chi connectivity index (χ4v) is 0.697. The third-order valence-electron chi connectivity index (χ3n) is 0.988. The standard InChI is InChI=1S/C7H4ClNO/c8-7(1-3-9)6-2-4-10-5-6/h1-2,4-5H/b7-1+. The van der Waals surface area contributed by atoms with Crippen LogP contribution < -0.4 is 0 Å². The van der Waals surface area contributed by atoms with E-state index < -0.39 is 0 Å². The first-order valence-corrected chi connectivity index (χ1v) is 3.00. The van der Waals surface area contributed by atoms with Crippen LogP contribution in [-0.4, -0.2) is 0 Å². The number of hydrogen-bond acceptors (Lipinski definition) is 2. The quantitative estimate of drug-likeness (QED) is 0.581. The molecule has 50 valence electrons. The molecule has 0 aromatic carbocycles. The minimum atomic E-state index is 0.399. The average Bonchev–Trinajstić information content (AvgIpc) is 2.38. The van der Waals surface area contributed by atoms with Crippen molar-refractivity contribution in [3.05, 3.63) is 30.2 Å². The second-order valence-electron chi connectivity index (χ2n) is 1.63. The average molecular weight is 154 g/mol. The molecule has 10 heavy (non-hydrogen) atoms. The molecule has 0 saturated carbocycles. The van der Waals surface area contributed by atoms with E-state index in [2.05, 4.69) is 0 Å². The highest BCUT2D eigenvalue weighted by atomic mass is 35.5. The Bertz CT molecular complexity index is 268. The summed E-state index contributed by atoms with van der Waals surface area (Å²) in [5.41, 5.74) is 0.725. The zero-order valence-corrected chi connectivity index (χ0v) is 5.80. The van der Waals surface area contributed by atoms with Gasteiger partial charge < -0.3 is 4.42 Å². The summed E-state index contributed by atoms with van der Waals surface area (Å²) in [7, 11) is 0. The van der Waals surface area contributed by atoms with E-state index in [4.69, 9.17) is 21.3 Å². The van der Waals surface area contributed by atoms with Gasteiger partial charge in [0, 0.05) is 11.6 Å². The van der Waals surface area contributed by atoms with E-state index in [-0.39, 0.29) is 0 Å². The molecule has 0 fully saturated rings. The molecule has 0 spiro atoms. The van der Waals surface area contributed by atoms with Crippen molar-refractivity contribution in [3.8, 4) is 6.07 Å². The molecular weight excluding hydrogens is 150 g/mol. The lowest BCUT2D eigenvalue weighted by molar-refractivity contribution is 0.566. The van der Waals surface area contributed by atoms with Crippen LogP contribution in [0.15, 0.2) is 29.1 Å². The van der Waals surface area contributed by atoms with E-state index in [0.29, 0.717) is 5.03 Å². The molecule has 2 nitrogen and oxygen atoms in total. The van der Waals surface area contributed by atoms with Crippen LogP contribution in [0.3, 0.4) is 0 Å². The Morgan fingerprint density at radius 3 is 3.10 bits per heavy atom. The zero-order chi connectivity index (χ0) is 7.40. The zero-order valence-electron chi connectivity index (χ0n) is 5.04. The van der Waals surface area contributed by atoms with Gasteiger partial charge in [-0.3, -0.25) is 0 Å². The van der Waals surface area contributed by atoms with E-state index in [1.807, 2.05) is 6.07 Å². The molecule has 0 radical (unpaired) electrons. The van der Waals surface area contributed by atoms with Crippen LogP contribution in [0.2, 0.25) is 0 Å². The van der Waals surface area contributed by atoms with Gasteiger partial charge in [-0.1, -0.05) is 11.6 Å². The molecular formula is C7H4ClNO. The Morgan fingerprint density at radius 1 is 1.80 bits per heavy atom. The van der Waals surface area contributed by atoms with E-state index >= 15 is 0 Å². The first-order chi connectivity index (χ1) is 4.84. The van der Waals surface area contributed by atoms with Gasteiger partial charge in [0.2, 0.25) is 0 Å². The third-order valence-corrected chi connectivity index (χ3v) is 1.32. The van der Waals surface area contributed by atoms with Crippen LogP contribution in [0.25, 0.3) is 5.03 Å². The molecule has 0 bridgehead atoms. The lowest BCUT2D eigenvalue weighted by Gasteiger charge is -1.84. The monoisotopic (exact) mass is 153 g/mol. The van der Waals surface area contributed by atoms with Crippen molar-refractivity contribution in [2.45, 2.75) is 0 Å².